The van der Waals surface area contributed by atoms with E-state index < -0.39 is 0 Å². The SMILES string of the molecule is C=CC(C/C=C/Cl)C(CC(C)N)C(=O)C(C)C. The van der Waals surface area contributed by atoms with Crippen LogP contribution in [0.25, 0.3) is 0 Å². The van der Waals surface area contributed by atoms with E-state index in [-0.39, 0.29) is 29.6 Å². The Morgan fingerprint density at radius 2 is 2.00 bits per heavy atom. The predicted octanol–water partition coefficient (Wildman–Crippen LogP) is 3.51. The average molecular weight is 258 g/mol. The highest BCUT2D eigenvalue weighted by molar-refractivity contribution is 6.25. The van der Waals surface area contributed by atoms with Gasteiger partial charge in [0.25, 0.3) is 0 Å². The monoisotopic (exact) mass is 257 g/mol. The first-order valence-electron chi connectivity index (χ1n) is 6.11. The lowest BCUT2D eigenvalue weighted by molar-refractivity contribution is -0.127. The molecule has 0 aromatic carbocycles. The number of ketones is 1. The Hall–Kier alpha value is -0.600. The number of carbonyl (C=O) groups is 1. The van der Waals surface area contributed by atoms with Gasteiger partial charge in [0.2, 0.25) is 0 Å². The van der Waals surface area contributed by atoms with Gasteiger partial charge in [-0.1, -0.05) is 37.6 Å². The van der Waals surface area contributed by atoms with Crippen LogP contribution in [0.2, 0.25) is 0 Å². The number of allylic oxidation sites excluding steroid dienone is 2. The molecule has 0 aromatic heterocycles. The lowest BCUT2D eigenvalue weighted by Crippen LogP contribution is -2.32. The second-order valence-electron chi connectivity index (χ2n) is 4.87. The van der Waals surface area contributed by atoms with Crippen LogP contribution >= 0.6 is 11.6 Å². The fraction of sp³-hybridized carbons (Fsp3) is 0.643. The van der Waals surface area contributed by atoms with E-state index in [1.54, 1.807) is 0 Å². The smallest absolute Gasteiger partial charge is 0.139 e. The molecule has 0 saturated heterocycles. The summed E-state index contributed by atoms with van der Waals surface area (Å²) >= 11 is 5.53. The first-order chi connectivity index (χ1) is 7.93. The van der Waals surface area contributed by atoms with Gasteiger partial charge in [-0.15, -0.1) is 6.58 Å². The molecule has 98 valence electrons. The van der Waals surface area contributed by atoms with Crippen molar-refractivity contribution in [1.29, 1.82) is 0 Å². The summed E-state index contributed by atoms with van der Waals surface area (Å²) in [5.41, 5.74) is 7.31. The molecule has 2 N–H and O–H groups in total. The highest BCUT2D eigenvalue weighted by Gasteiger charge is 2.27. The maximum Gasteiger partial charge on any atom is 0.139 e. The fourth-order valence-electron chi connectivity index (χ4n) is 1.96. The van der Waals surface area contributed by atoms with E-state index in [1.807, 2.05) is 32.9 Å². The van der Waals surface area contributed by atoms with Crippen LogP contribution in [0.4, 0.5) is 0 Å². The second kappa shape index (κ2) is 8.48. The molecule has 0 radical (unpaired) electrons. The lowest BCUT2D eigenvalue weighted by atomic mass is 9.79. The van der Waals surface area contributed by atoms with Crippen molar-refractivity contribution < 1.29 is 4.79 Å². The van der Waals surface area contributed by atoms with Crippen LogP contribution in [0.1, 0.15) is 33.6 Å². The zero-order chi connectivity index (χ0) is 13.4. The van der Waals surface area contributed by atoms with Crippen LogP contribution in [0, 0.1) is 17.8 Å². The summed E-state index contributed by atoms with van der Waals surface area (Å²) in [5, 5.41) is 0. The fourth-order valence-corrected chi connectivity index (χ4v) is 2.07. The van der Waals surface area contributed by atoms with E-state index in [2.05, 4.69) is 6.58 Å². The van der Waals surface area contributed by atoms with Crippen LogP contribution in [0.15, 0.2) is 24.3 Å². The van der Waals surface area contributed by atoms with Gasteiger partial charge in [-0.05, 0) is 25.7 Å². The summed E-state index contributed by atoms with van der Waals surface area (Å²) in [5.74, 6) is 0.350. The van der Waals surface area contributed by atoms with E-state index in [9.17, 15) is 4.79 Å². The van der Waals surface area contributed by atoms with Gasteiger partial charge in [0.15, 0.2) is 0 Å². The normalized spacial score (nSPS) is 17.1. The largest absolute Gasteiger partial charge is 0.328 e. The zero-order valence-electron chi connectivity index (χ0n) is 11.0. The minimum Gasteiger partial charge on any atom is -0.328 e. The van der Waals surface area contributed by atoms with E-state index >= 15 is 0 Å². The molecule has 3 atom stereocenters. The summed E-state index contributed by atoms with van der Waals surface area (Å²) in [7, 11) is 0. The minimum atomic E-state index is -0.0552. The number of halogens is 1. The Bertz CT molecular complexity index is 271. The summed E-state index contributed by atoms with van der Waals surface area (Å²) in [4.78, 5) is 12.2. The molecule has 0 heterocycles. The van der Waals surface area contributed by atoms with E-state index in [1.165, 1.54) is 5.54 Å². The van der Waals surface area contributed by atoms with Crippen molar-refractivity contribution in [3.8, 4) is 0 Å². The Morgan fingerprint density at radius 1 is 1.41 bits per heavy atom. The zero-order valence-corrected chi connectivity index (χ0v) is 11.8. The van der Waals surface area contributed by atoms with Crippen molar-refractivity contribution in [3.05, 3.63) is 24.3 Å². The van der Waals surface area contributed by atoms with Gasteiger partial charge < -0.3 is 5.73 Å². The van der Waals surface area contributed by atoms with Crippen LogP contribution in [0.3, 0.4) is 0 Å². The van der Waals surface area contributed by atoms with Crippen LogP contribution < -0.4 is 5.73 Å². The van der Waals surface area contributed by atoms with Crippen molar-refractivity contribution in [3.63, 3.8) is 0 Å². The third-order valence-corrected chi connectivity index (χ3v) is 3.06. The lowest BCUT2D eigenvalue weighted by Gasteiger charge is -2.25. The van der Waals surface area contributed by atoms with E-state index in [0.717, 1.165) is 6.42 Å². The number of nitrogens with two attached hydrogens (primary N) is 1. The quantitative estimate of drug-likeness (QED) is 0.676. The van der Waals surface area contributed by atoms with Gasteiger partial charge in [0, 0.05) is 23.4 Å². The number of hydrogen-bond donors (Lipinski definition) is 1. The van der Waals surface area contributed by atoms with Gasteiger partial charge >= 0.3 is 0 Å². The summed E-state index contributed by atoms with van der Waals surface area (Å²) in [6.45, 7) is 9.59. The van der Waals surface area contributed by atoms with Gasteiger partial charge in [-0.25, -0.2) is 0 Å². The Balaban J connectivity index is 4.85. The number of rotatable bonds is 8. The topological polar surface area (TPSA) is 43.1 Å². The first-order valence-corrected chi connectivity index (χ1v) is 6.54. The molecule has 0 aliphatic rings. The molecule has 3 heteroatoms. The maximum atomic E-state index is 12.2. The molecular formula is C14H24ClNO. The van der Waals surface area contributed by atoms with Crippen LogP contribution in [-0.4, -0.2) is 11.8 Å². The van der Waals surface area contributed by atoms with Crippen LogP contribution in [-0.2, 0) is 4.79 Å². The van der Waals surface area contributed by atoms with Crippen molar-refractivity contribution >= 4 is 17.4 Å². The maximum absolute atomic E-state index is 12.2. The number of carbonyl (C=O) groups excluding carboxylic acids is 1. The standard InChI is InChI=1S/C14H24ClNO/c1-5-12(7-6-8-15)13(9-11(4)16)14(17)10(2)3/h5-6,8,10-13H,1,7,9,16H2,2-4H3/b8-6+. The Labute approximate surface area is 110 Å². The highest BCUT2D eigenvalue weighted by Crippen LogP contribution is 2.26. The molecule has 17 heavy (non-hydrogen) atoms. The van der Waals surface area contributed by atoms with Crippen molar-refractivity contribution in [2.24, 2.45) is 23.5 Å². The number of Topliss-reactive ketones (excluding diaryl/α,β-unsaturated/α-hetero) is 1. The first kappa shape index (κ1) is 16.4. The van der Waals surface area contributed by atoms with Crippen molar-refractivity contribution in [1.82, 2.24) is 0 Å². The summed E-state index contributed by atoms with van der Waals surface area (Å²) in [6, 6.07) is 0.0186. The molecule has 0 fully saturated rings. The molecule has 0 aromatic rings. The molecule has 0 spiro atoms. The third kappa shape index (κ3) is 6.04. The van der Waals surface area contributed by atoms with E-state index in [0.29, 0.717) is 6.42 Å². The highest BCUT2D eigenvalue weighted by atomic mass is 35.5. The Kier molecular flexibility index (Phi) is 8.19. The van der Waals surface area contributed by atoms with Gasteiger partial charge in [-0.2, -0.15) is 0 Å². The third-order valence-electron chi connectivity index (χ3n) is 2.88. The predicted molar refractivity (Wildman–Crippen MR) is 74.9 cm³/mol. The molecular weight excluding hydrogens is 234 g/mol. The Morgan fingerprint density at radius 3 is 2.35 bits per heavy atom. The van der Waals surface area contributed by atoms with Gasteiger partial charge in [0.1, 0.15) is 5.78 Å². The second-order valence-corrected chi connectivity index (χ2v) is 5.13. The molecule has 0 saturated carbocycles. The van der Waals surface area contributed by atoms with Gasteiger partial charge in [-0.3, -0.25) is 4.79 Å². The summed E-state index contributed by atoms with van der Waals surface area (Å²) < 4.78 is 0. The van der Waals surface area contributed by atoms with Crippen molar-refractivity contribution in [2.75, 3.05) is 0 Å². The minimum absolute atomic E-state index is 0.0186. The van der Waals surface area contributed by atoms with E-state index in [4.69, 9.17) is 17.3 Å². The molecule has 0 aliphatic heterocycles. The van der Waals surface area contributed by atoms with Gasteiger partial charge in [0.05, 0.1) is 0 Å². The van der Waals surface area contributed by atoms with Crippen molar-refractivity contribution in [2.45, 2.75) is 39.7 Å². The molecule has 0 rings (SSSR count). The molecule has 2 nitrogen and oxygen atoms in total. The average Bonchev–Trinajstić information content (AvgIpc) is 2.26. The number of hydrogen-bond acceptors (Lipinski definition) is 2. The molecule has 0 amide bonds. The molecule has 3 unspecified atom stereocenters. The molecule has 0 aliphatic carbocycles. The summed E-state index contributed by atoms with van der Waals surface area (Å²) in [6.07, 6.45) is 5.13. The molecule has 0 bridgehead atoms. The van der Waals surface area contributed by atoms with Crippen LogP contribution in [0.5, 0.6) is 0 Å².